The van der Waals surface area contributed by atoms with Gasteiger partial charge in [-0.25, -0.2) is 0 Å². The third-order valence-corrected chi connectivity index (χ3v) is 3.38. The molecule has 0 saturated carbocycles. The van der Waals surface area contributed by atoms with Gasteiger partial charge in [0.1, 0.15) is 5.75 Å². The van der Waals surface area contributed by atoms with E-state index < -0.39 is 0 Å². The van der Waals surface area contributed by atoms with Crippen molar-refractivity contribution in [3.05, 3.63) is 29.3 Å². The van der Waals surface area contributed by atoms with Crippen molar-refractivity contribution >= 4 is 5.91 Å². The summed E-state index contributed by atoms with van der Waals surface area (Å²) in [7, 11) is 3.40. The maximum Gasteiger partial charge on any atom is 0.239 e. The molecule has 0 radical (unpaired) electrons. The van der Waals surface area contributed by atoms with Crippen LogP contribution in [0.1, 0.15) is 17.5 Å². The fraction of sp³-hybridized carbons (Fsp3) is 0.429. The maximum absolute atomic E-state index is 11.8. The van der Waals surface area contributed by atoms with Gasteiger partial charge in [-0.1, -0.05) is 0 Å². The molecule has 1 N–H and O–H groups in total. The molecule has 0 aliphatic carbocycles. The Morgan fingerprint density at radius 1 is 1.58 bits per heavy atom. The highest BCUT2D eigenvalue weighted by Gasteiger charge is 2.28. The van der Waals surface area contributed by atoms with Crippen LogP contribution in [0.3, 0.4) is 0 Å². The zero-order valence-corrected chi connectivity index (χ0v) is 11.1. The molecule has 5 nitrogen and oxygen atoms in total. The highest BCUT2D eigenvalue weighted by molar-refractivity contribution is 5.83. The third-order valence-electron chi connectivity index (χ3n) is 3.38. The molecular formula is C14H17N3O2. The number of methoxy groups -OCH3 is 1. The van der Waals surface area contributed by atoms with Crippen molar-refractivity contribution in [2.24, 2.45) is 0 Å². The average Bonchev–Trinajstić information content (AvgIpc) is 2.76. The molecule has 1 fully saturated rings. The van der Waals surface area contributed by atoms with E-state index in [1.807, 2.05) is 0 Å². The number of nitrogens with zero attached hydrogens (tertiary/aromatic N) is 2. The number of ether oxygens (including phenoxy) is 1. The van der Waals surface area contributed by atoms with E-state index in [1.54, 1.807) is 37.3 Å². The summed E-state index contributed by atoms with van der Waals surface area (Å²) in [6.07, 6.45) is 0.815. The molecule has 1 aliphatic rings. The fourth-order valence-corrected chi connectivity index (χ4v) is 2.23. The summed E-state index contributed by atoms with van der Waals surface area (Å²) < 4.78 is 5.26. The Morgan fingerprint density at radius 3 is 2.95 bits per heavy atom. The second-order valence-corrected chi connectivity index (χ2v) is 4.62. The third kappa shape index (κ3) is 2.85. The topological polar surface area (TPSA) is 65.4 Å². The molecule has 1 aromatic carbocycles. The summed E-state index contributed by atoms with van der Waals surface area (Å²) in [5, 5.41) is 12.1. The van der Waals surface area contributed by atoms with E-state index in [9.17, 15) is 4.79 Å². The van der Waals surface area contributed by atoms with Crippen molar-refractivity contribution < 1.29 is 9.53 Å². The van der Waals surface area contributed by atoms with Gasteiger partial charge in [-0.3, -0.25) is 4.79 Å². The second-order valence-electron chi connectivity index (χ2n) is 4.62. The van der Waals surface area contributed by atoms with Gasteiger partial charge in [0.05, 0.1) is 24.8 Å². The van der Waals surface area contributed by atoms with Crippen LogP contribution in [-0.2, 0) is 11.3 Å². The molecular weight excluding hydrogens is 242 g/mol. The highest BCUT2D eigenvalue weighted by Crippen LogP contribution is 2.20. The van der Waals surface area contributed by atoms with Crippen molar-refractivity contribution in [3.8, 4) is 11.8 Å². The lowest BCUT2D eigenvalue weighted by Crippen LogP contribution is -2.36. The largest absolute Gasteiger partial charge is 0.496 e. The van der Waals surface area contributed by atoms with Crippen LogP contribution in [0.15, 0.2) is 18.2 Å². The molecule has 1 atom stereocenters. The lowest BCUT2D eigenvalue weighted by atomic mass is 10.1. The van der Waals surface area contributed by atoms with Gasteiger partial charge >= 0.3 is 0 Å². The van der Waals surface area contributed by atoms with Crippen LogP contribution in [0.25, 0.3) is 0 Å². The molecule has 19 heavy (non-hydrogen) atoms. The minimum Gasteiger partial charge on any atom is -0.496 e. The van der Waals surface area contributed by atoms with Gasteiger partial charge in [0.15, 0.2) is 0 Å². The first-order valence-electron chi connectivity index (χ1n) is 6.21. The second kappa shape index (κ2) is 5.72. The number of carbonyl (C=O) groups is 1. The first-order chi connectivity index (χ1) is 9.15. The van der Waals surface area contributed by atoms with Crippen molar-refractivity contribution in [3.63, 3.8) is 0 Å². The molecule has 0 spiro atoms. The molecule has 1 heterocycles. The molecule has 0 bridgehead atoms. The lowest BCUT2D eigenvalue weighted by molar-refractivity contribution is -0.128. The predicted octanol–water partition coefficient (Wildman–Crippen LogP) is 0.887. The van der Waals surface area contributed by atoms with E-state index in [1.165, 1.54) is 0 Å². The quantitative estimate of drug-likeness (QED) is 0.872. The van der Waals surface area contributed by atoms with Crippen LogP contribution >= 0.6 is 0 Å². The smallest absolute Gasteiger partial charge is 0.239 e. The standard InChI is InChI=1S/C14H17N3O2/c1-17-6-5-12(14(17)18)16-9-11-7-10(8-15)3-4-13(11)19-2/h3-4,7,12,16H,5-6,9H2,1-2H3. The summed E-state index contributed by atoms with van der Waals surface area (Å²) in [6.45, 7) is 1.30. The van der Waals surface area contributed by atoms with E-state index in [0.29, 0.717) is 12.1 Å². The van der Waals surface area contributed by atoms with E-state index >= 15 is 0 Å². The number of likely N-dealkylation sites (N-methyl/N-ethyl adjacent to an activating group) is 1. The Labute approximate surface area is 112 Å². The van der Waals surface area contributed by atoms with E-state index in [2.05, 4.69) is 11.4 Å². The molecule has 1 unspecified atom stereocenters. The van der Waals surface area contributed by atoms with Gasteiger partial charge in [0.2, 0.25) is 5.91 Å². The first kappa shape index (κ1) is 13.4. The summed E-state index contributed by atoms with van der Waals surface area (Å²) in [4.78, 5) is 13.5. The normalized spacial score (nSPS) is 18.5. The van der Waals surface area contributed by atoms with Crippen LogP contribution < -0.4 is 10.1 Å². The van der Waals surface area contributed by atoms with Gasteiger partial charge in [-0.2, -0.15) is 5.26 Å². The van der Waals surface area contributed by atoms with Crippen LogP contribution in [0.4, 0.5) is 0 Å². The molecule has 0 aromatic heterocycles. The van der Waals surface area contributed by atoms with Gasteiger partial charge in [-0.15, -0.1) is 0 Å². The van der Waals surface area contributed by atoms with Crippen molar-refractivity contribution in [2.75, 3.05) is 20.7 Å². The van der Waals surface area contributed by atoms with Crippen LogP contribution in [0.2, 0.25) is 0 Å². The Bertz CT molecular complexity index is 522. The number of likely N-dealkylation sites (tertiary alicyclic amines) is 1. The first-order valence-corrected chi connectivity index (χ1v) is 6.21. The van der Waals surface area contributed by atoms with Crippen molar-refractivity contribution in [2.45, 2.75) is 19.0 Å². The summed E-state index contributed by atoms with van der Waals surface area (Å²) >= 11 is 0. The van der Waals surface area contributed by atoms with E-state index in [4.69, 9.17) is 10.00 Å². The highest BCUT2D eigenvalue weighted by atomic mass is 16.5. The summed E-state index contributed by atoms with van der Waals surface area (Å²) in [5.41, 5.74) is 1.48. The molecule has 2 rings (SSSR count). The number of hydrogen-bond donors (Lipinski definition) is 1. The van der Waals surface area contributed by atoms with Gasteiger partial charge in [0.25, 0.3) is 0 Å². The minimum atomic E-state index is -0.138. The molecule has 1 aromatic rings. The summed E-state index contributed by atoms with van der Waals surface area (Å²) in [5.74, 6) is 0.848. The zero-order valence-electron chi connectivity index (χ0n) is 11.1. The van der Waals surface area contributed by atoms with Crippen LogP contribution in [0, 0.1) is 11.3 Å². The Balaban J connectivity index is 2.07. The van der Waals surface area contributed by atoms with Crippen LogP contribution in [-0.4, -0.2) is 37.6 Å². The maximum atomic E-state index is 11.8. The van der Waals surface area contributed by atoms with E-state index in [0.717, 1.165) is 24.3 Å². The Kier molecular flexibility index (Phi) is 4.03. The summed E-state index contributed by atoms with van der Waals surface area (Å²) in [6, 6.07) is 7.25. The minimum absolute atomic E-state index is 0.121. The van der Waals surface area contributed by atoms with Crippen molar-refractivity contribution in [1.29, 1.82) is 5.26 Å². The Hall–Kier alpha value is -2.06. The number of benzene rings is 1. The van der Waals surface area contributed by atoms with E-state index in [-0.39, 0.29) is 11.9 Å². The molecule has 1 aliphatic heterocycles. The number of hydrogen-bond acceptors (Lipinski definition) is 4. The molecule has 100 valence electrons. The van der Waals surface area contributed by atoms with Gasteiger partial charge in [0, 0.05) is 25.7 Å². The SMILES string of the molecule is COc1ccc(C#N)cc1CNC1CCN(C)C1=O. The number of rotatable bonds is 4. The number of nitriles is 1. The van der Waals surface area contributed by atoms with Gasteiger partial charge in [-0.05, 0) is 24.6 Å². The molecule has 1 amide bonds. The molecule has 5 heteroatoms. The monoisotopic (exact) mass is 259 g/mol. The predicted molar refractivity (Wildman–Crippen MR) is 70.6 cm³/mol. The number of nitrogens with one attached hydrogen (secondary N) is 1. The fourth-order valence-electron chi connectivity index (χ4n) is 2.23. The lowest BCUT2D eigenvalue weighted by Gasteiger charge is -2.14. The van der Waals surface area contributed by atoms with Gasteiger partial charge < -0.3 is 15.0 Å². The number of amides is 1. The Morgan fingerprint density at radius 2 is 2.37 bits per heavy atom. The molecule has 1 saturated heterocycles. The zero-order chi connectivity index (χ0) is 13.8. The van der Waals surface area contributed by atoms with Crippen molar-refractivity contribution in [1.82, 2.24) is 10.2 Å². The average molecular weight is 259 g/mol. The number of carbonyl (C=O) groups excluding carboxylic acids is 1. The van der Waals surface area contributed by atoms with Crippen LogP contribution in [0.5, 0.6) is 5.75 Å².